The summed E-state index contributed by atoms with van der Waals surface area (Å²) in [4.78, 5) is 4.32. The molecule has 0 N–H and O–H groups in total. The van der Waals surface area contributed by atoms with Crippen molar-refractivity contribution in [1.29, 1.82) is 0 Å². The summed E-state index contributed by atoms with van der Waals surface area (Å²) in [5.41, 5.74) is 6.76. The van der Waals surface area contributed by atoms with Crippen LogP contribution in [0.25, 0.3) is 33.3 Å². The fraction of sp³-hybridized carbons (Fsp3) is 0.0357. The molecule has 1 nitrogen and oxygen atoms in total. The average molecular weight is 473 g/mol. The van der Waals surface area contributed by atoms with Crippen molar-refractivity contribution in [3.8, 4) is 22.5 Å². The Morgan fingerprint density at radius 3 is 2.03 bits per heavy atom. The standard InChI is InChI=1S/C28H16Cl3N/c29-19-12-10-17(11-13-19)26-22-9-5-4-8-21(22)25-27(32-26)23-15-14-20(30)16-24(23)28(25,31)18-6-2-1-3-7-18/h1-16H. The van der Waals surface area contributed by atoms with Crippen molar-refractivity contribution >= 4 is 45.6 Å². The fourth-order valence-corrected chi connectivity index (χ4v) is 5.52. The Labute approximate surface area is 201 Å². The highest BCUT2D eigenvalue weighted by molar-refractivity contribution is 6.34. The lowest BCUT2D eigenvalue weighted by atomic mass is 9.86. The van der Waals surface area contributed by atoms with Gasteiger partial charge in [0.15, 0.2) is 0 Å². The highest BCUT2D eigenvalue weighted by Crippen LogP contribution is 2.57. The highest BCUT2D eigenvalue weighted by Gasteiger charge is 2.46. The van der Waals surface area contributed by atoms with Crippen LogP contribution in [-0.2, 0) is 4.87 Å². The Hall–Kier alpha value is -2.84. The lowest BCUT2D eigenvalue weighted by molar-refractivity contribution is 0.918. The summed E-state index contributed by atoms with van der Waals surface area (Å²) >= 11 is 20.2. The monoisotopic (exact) mass is 471 g/mol. The number of fused-ring (bicyclic) bond motifs is 5. The molecule has 1 unspecified atom stereocenters. The zero-order valence-corrected chi connectivity index (χ0v) is 19.1. The molecule has 4 aromatic carbocycles. The molecule has 1 heterocycles. The summed E-state index contributed by atoms with van der Waals surface area (Å²) in [5.74, 6) is 0. The van der Waals surface area contributed by atoms with E-state index in [9.17, 15) is 0 Å². The number of halogens is 3. The van der Waals surface area contributed by atoms with Crippen molar-refractivity contribution in [2.45, 2.75) is 4.87 Å². The molecule has 0 aliphatic heterocycles. The maximum absolute atomic E-state index is 7.61. The average Bonchev–Trinajstić information content (AvgIpc) is 3.08. The second-order valence-electron chi connectivity index (χ2n) is 7.95. The largest absolute Gasteiger partial charge is 0.247 e. The molecule has 1 atom stereocenters. The van der Waals surface area contributed by atoms with Gasteiger partial charge in [-0.05, 0) is 40.8 Å². The van der Waals surface area contributed by atoms with Crippen LogP contribution in [0.4, 0.5) is 0 Å². The summed E-state index contributed by atoms with van der Waals surface area (Å²) < 4.78 is 0. The Bertz CT molecular complexity index is 1490. The van der Waals surface area contributed by atoms with Gasteiger partial charge in [-0.25, -0.2) is 4.98 Å². The summed E-state index contributed by atoms with van der Waals surface area (Å²) in [7, 11) is 0. The van der Waals surface area contributed by atoms with Crippen LogP contribution in [0.5, 0.6) is 0 Å². The molecule has 1 aliphatic carbocycles. The second-order valence-corrected chi connectivity index (χ2v) is 9.39. The van der Waals surface area contributed by atoms with E-state index in [0.717, 1.165) is 50.0 Å². The van der Waals surface area contributed by atoms with Crippen molar-refractivity contribution in [3.05, 3.63) is 124 Å². The molecule has 0 saturated heterocycles. The van der Waals surface area contributed by atoms with Gasteiger partial charge in [0, 0.05) is 32.1 Å². The van der Waals surface area contributed by atoms with Crippen molar-refractivity contribution in [1.82, 2.24) is 4.98 Å². The molecule has 0 amide bonds. The van der Waals surface area contributed by atoms with Crippen molar-refractivity contribution < 1.29 is 0 Å². The first-order chi connectivity index (χ1) is 15.6. The molecule has 1 aliphatic rings. The minimum Gasteiger partial charge on any atom is -0.247 e. The zero-order valence-electron chi connectivity index (χ0n) is 16.8. The first-order valence-corrected chi connectivity index (χ1v) is 11.4. The van der Waals surface area contributed by atoms with Crippen LogP contribution in [0.15, 0.2) is 97.1 Å². The number of hydrogen-bond donors (Lipinski definition) is 0. The van der Waals surface area contributed by atoms with E-state index in [0.29, 0.717) is 10.0 Å². The van der Waals surface area contributed by atoms with E-state index in [1.54, 1.807) is 0 Å². The molecular formula is C28H16Cl3N. The molecule has 0 saturated carbocycles. The molecule has 154 valence electrons. The SMILES string of the molecule is Clc1ccc(-c2nc3c(c4ccccc24)C(Cl)(c2ccccc2)c2cc(Cl)ccc2-3)cc1. The molecule has 1 aromatic heterocycles. The number of pyridine rings is 1. The Balaban J connectivity index is 1.77. The fourth-order valence-electron chi connectivity index (χ4n) is 4.74. The van der Waals surface area contributed by atoms with E-state index in [4.69, 9.17) is 39.8 Å². The van der Waals surface area contributed by atoms with Gasteiger partial charge in [-0.2, -0.15) is 0 Å². The Kier molecular flexibility index (Phi) is 4.55. The van der Waals surface area contributed by atoms with Gasteiger partial charge in [0.05, 0.1) is 11.4 Å². The van der Waals surface area contributed by atoms with E-state index in [1.165, 1.54) is 0 Å². The normalized spacial score (nSPS) is 16.7. The molecule has 0 fully saturated rings. The molecule has 4 heteroatoms. The number of benzene rings is 4. The lowest BCUT2D eigenvalue weighted by Crippen LogP contribution is -2.19. The number of aromatic nitrogens is 1. The molecule has 0 bridgehead atoms. The number of alkyl halides is 1. The smallest absolute Gasteiger partial charge is 0.123 e. The summed E-state index contributed by atoms with van der Waals surface area (Å²) in [6.45, 7) is 0. The van der Waals surface area contributed by atoms with Crippen LogP contribution in [-0.4, -0.2) is 4.98 Å². The molecule has 32 heavy (non-hydrogen) atoms. The summed E-state index contributed by atoms with van der Waals surface area (Å²) in [6, 6.07) is 32.2. The number of rotatable bonds is 2. The second kappa shape index (κ2) is 7.35. The van der Waals surface area contributed by atoms with Gasteiger partial charge < -0.3 is 0 Å². The minimum atomic E-state index is -0.887. The van der Waals surface area contributed by atoms with Crippen LogP contribution in [0.3, 0.4) is 0 Å². The predicted octanol–water partition coefficient (Wildman–Crippen LogP) is 8.72. The third-order valence-corrected chi connectivity index (χ3v) is 7.25. The van der Waals surface area contributed by atoms with Crippen molar-refractivity contribution in [2.24, 2.45) is 0 Å². The highest BCUT2D eigenvalue weighted by atomic mass is 35.5. The first-order valence-electron chi connectivity index (χ1n) is 10.3. The lowest BCUT2D eigenvalue weighted by Gasteiger charge is -2.27. The van der Waals surface area contributed by atoms with Gasteiger partial charge >= 0.3 is 0 Å². The van der Waals surface area contributed by atoms with Crippen LogP contribution < -0.4 is 0 Å². The zero-order chi connectivity index (χ0) is 21.9. The van der Waals surface area contributed by atoms with Crippen LogP contribution in [0.1, 0.15) is 16.7 Å². The van der Waals surface area contributed by atoms with Gasteiger partial charge in [0.25, 0.3) is 0 Å². The number of nitrogens with zero attached hydrogens (tertiary/aromatic N) is 1. The van der Waals surface area contributed by atoms with Crippen LogP contribution >= 0.6 is 34.8 Å². The summed E-state index contributed by atoms with van der Waals surface area (Å²) in [5, 5.41) is 3.48. The van der Waals surface area contributed by atoms with E-state index in [2.05, 4.69) is 24.3 Å². The van der Waals surface area contributed by atoms with Crippen LogP contribution in [0, 0.1) is 0 Å². The Morgan fingerprint density at radius 1 is 0.625 bits per heavy atom. The third kappa shape index (κ3) is 2.82. The maximum Gasteiger partial charge on any atom is 0.123 e. The molecular weight excluding hydrogens is 457 g/mol. The topological polar surface area (TPSA) is 12.9 Å². The third-order valence-electron chi connectivity index (χ3n) is 6.15. The predicted molar refractivity (Wildman–Crippen MR) is 135 cm³/mol. The van der Waals surface area contributed by atoms with E-state index in [-0.39, 0.29) is 0 Å². The van der Waals surface area contributed by atoms with Crippen LogP contribution in [0.2, 0.25) is 10.0 Å². The maximum atomic E-state index is 7.61. The first kappa shape index (κ1) is 19.8. The number of hydrogen-bond acceptors (Lipinski definition) is 1. The Morgan fingerprint density at radius 2 is 1.28 bits per heavy atom. The van der Waals surface area contributed by atoms with Gasteiger partial charge in [0.2, 0.25) is 0 Å². The molecule has 5 aromatic rings. The van der Waals surface area contributed by atoms with Gasteiger partial charge in [0.1, 0.15) is 4.87 Å². The quantitative estimate of drug-likeness (QED) is 0.234. The van der Waals surface area contributed by atoms with E-state index < -0.39 is 4.87 Å². The van der Waals surface area contributed by atoms with E-state index in [1.807, 2.05) is 72.8 Å². The van der Waals surface area contributed by atoms with Gasteiger partial charge in [-0.1, -0.05) is 96.0 Å². The molecule has 0 radical (unpaired) electrons. The van der Waals surface area contributed by atoms with Crippen molar-refractivity contribution in [3.63, 3.8) is 0 Å². The van der Waals surface area contributed by atoms with Crippen molar-refractivity contribution in [2.75, 3.05) is 0 Å². The summed E-state index contributed by atoms with van der Waals surface area (Å²) in [6.07, 6.45) is 0. The van der Waals surface area contributed by atoms with Gasteiger partial charge in [-0.15, -0.1) is 11.6 Å². The van der Waals surface area contributed by atoms with Gasteiger partial charge in [-0.3, -0.25) is 0 Å². The molecule has 0 spiro atoms. The minimum absolute atomic E-state index is 0.653. The van der Waals surface area contributed by atoms with E-state index >= 15 is 0 Å². The molecule has 6 rings (SSSR count).